The van der Waals surface area contributed by atoms with Crippen LogP contribution in [-0.4, -0.2) is 49.6 Å². The highest BCUT2D eigenvalue weighted by molar-refractivity contribution is 7.91. The number of aliphatic hydroxyl groups is 1. The summed E-state index contributed by atoms with van der Waals surface area (Å²) in [5.74, 6) is 0.0744. The molecule has 0 saturated carbocycles. The minimum absolute atomic E-state index is 0.0275. The maximum absolute atomic E-state index is 13.1. The van der Waals surface area contributed by atoms with Crippen LogP contribution in [0, 0.1) is 5.82 Å². The fourth-order valence-corrected chi connectivity index (χ4v) is 4.32. The Kier molecular flexibility index (Phi) is 4.78. The van der Waals surface area contributed by atoms with Crippen LogP contribution in [0.5, 0.6) is 0 Å². The predicted octanol–water partition coefficient (Wildman–Crippen LogP) is 1.37. The Morgan fingerprint density at radius 2 is 2.25 bits per heavy atom. The molecule has 2 atom stereocenters. The van der Waals surface area contributed by atoms with E-state index in [0.717, 1.165) is 0 Å². The van der Waals surface area contributed by atoms with Crippen LogP contribution in [0.1, 0.15) is 24.5 Å². The average molecular weight is 301 g/mol. The molecule has 1 fully saturated rings. The molecule has 1 aliphatic rings. The molecule has 0 aliphatic carbocycles. The summed E-state index contributed by atoms with van der Waals surface area (Å²) in [4.78, 5) is 1.97. The van der Waals surface area contributed by atoms with Crippen LogP contribution in [0.15, 0.2) is 24.3 Å². The summed E-state index contributed by atoms with van der Waals surface area (Å²) < 4.78 is 35.9. The Morgan fingerprint density at radius 1 is 1.50 bits per heavy atom. The highest BCUT2D eigenvalue weighted by Crippen LogP contribution is 2.21. The zero-order valence-corrected chi connectivity index (χ0v) is 12.3. The van der Waals surface area contributed by atoms with Crippen LogP contribution < -0.4 is 0 Å². The van der Waals surface area contributed by atoms with Crippen LogP contribution in [0.2, 0.25) is 0 Å². The summed E-state index contributed by atoms with van der Waals surface area (Å²) in [6.07, 6.45) is 0.372. The minimum Gasteiger partial charge on any atom is -0.388 e. The van der Waals surface area contributed by atoms with Gasteiger partial charge in [-0.25, -0.2) is 12.8 Å². The molecule has 0 aromatic heterocycles. The predicted molar refractivity (Wildman–Crippen MR) is 75.7 cm³/mol. The number of hydrogen-bond donors (Lipinski definition) is 1. The highest BCUT2D eigenvalue weighted by Gasteiger charge is 2.30. The topological polar surface area (TPSA) is 57.6 Å². The molecular formula is C14H20FNO3S. The maximum Gasteiger partial charge on any atom is 0.151 e. The molecule has 1 aromatic carbocycles. The molecule has 2 unspecified atom stereocenters. The molecule has 1 saturated heterocycles. The fraction of sp³-hybridized carbons (Fsp3) is 0.571. The summed E-state index contributed by atoms with van der Waals surface area (Å²) in [5, 5.41) is 10.0. The standard InChI is InChI=1S/C14H20FNO3S/c1-16(13-6-8-20(18,19)10-13)7-5-14(17)11-3-2-4-12(15)9-11/h2-4,9,13-14,17H,5-8,10H2,1H3. The van der Waals surface area contributed by atoms with E-state index < -0.39 is 15.9 Å². The normalized spacial score (nSPS) is 23.1. The number of nitrogens with zero attached hydrogens (tertiary/aromatic N) is 1. The molecule has 112 valence electrons. The van der Waals surface area contributed by atoms with Gasteiger partial charge in [-0.05, 0) is 37.6 Å². The third-order valence-electron chi connectivity index (χ3n) is 3.82. The van der Waals surface area contributed by atoms with Gasteiger partial charge < -0.3 is 10.0 Å². The van der Waals surface area contributed by atoms with Gasteiger partial charge in [-0.15, -0.1) is 0 Å². The van der Waals surface area contributed by atoms with Crippen molar-refractivity contribution >= 4 is 9.84 Å². The molecule has 0 amide bonds. The van der Waals surface area contributed by atoms with Crippen molar-refractivity contribution in [2.75, 3.05) is 25.1 Å². The SMILES string of the molecule is CN(CCC(O)c1cccc(F)c1)C1CCS(=O)(=O)C1. The third kappa shape index (κ3) is 4.01. The van der Waals surface area contributed by atoms with Gasteiger partial charge in [0.1, 0.15) is 5.82 Å². The van der Waals surface area contributed by atoms with Crippen molar-refractivity contribution in [3.05, 3.63) is 35.6 Å². The Bertz CT molecular complexity index is 561. The molecule has 0 spiro atoms. The van der Waals surface area contributed by atoms with E-state index in [1.807, 2.05) is 11.9 Å². The highest BCUT2D eigenvalue weighted by atomic mass is 32.2. The van der Waals surface area contributed by atoms with Gasteiger partial charge in [0.25, 0.3) is 0 Å². The van der Waals surface area contributed by atoms with Crippen LogP contribution in [0.25, 0.3) is 0 Å². The summed E-state index contributed by atoms with van der Waals surface area (Å²) in [6, 6.07) is 5.95. The third-order valence-corrected chi connectivity index (χ3v) is 5.57. The molecule has 4 nitrogen and oxygen atoms in total. The summed E-state index contributed by atoms with van der Waals surface area (Å²) in [5.41, 5.74) is 0.553. The monoisotopic (exact) mass is 301 g/mol. The lowest BCUT2D eigenvalue weighted by molar-refractivity contribution is 0.139. The van der Waals surface area contributed by atoms with Crippen molar-refractivity contribution in [1.82, 2.24) is 4.90 Å². The van der Waals surface area contributed by atoms with E-state index in [1.165, 1.54) is 12.1 Å². The largest absolute Gasteiger partial charge is 0.388 e. The molecule has 0 radical (unpaired) electrons. The van der Waals surface area contributed by atoms with E-state index in [0.29, 0.717) is 24.9 Å². The first-order valence-electron chi connectivity index (χ1n) is 6.71. The molecular weight excluding hydrogens is 281 g/mol. The lowest BCUT2D eigenvalue weighted by Gasteiger charge is -2.24. The maximum atomic E-state index is 13.1. The first-order valence-corrected chi connectivity index (χ1v) is 8.54. The number of benzene rings is 1. The van der Waals surface area contributed by atoms with Gasteiger partial charge in [-0.1, -0.05) is 12.1 Å². The van der Waals surface area contributed by atoms with E-state index in [9.17, 15) is 17.9 Å². The number of rotatable bonds is 5. The molecule has 1 N–H and O–H groups in total. The lowest BCUT2D eigenvalue weighted by Crippen LogP contribution is -2.34. The number of halogens is 1. The van der Waals surface area contributed by atoms with Crippen molar-refractivity contribution in [1.29, 1.82) is 0 Å². The molecule has 6 heteroatoms. The quantitative estimate of drug-likeness (QED) is 0.892. The molecule has 1 aromatic rings. The van der Waals surface area contributed by atoms with Gasteiger partial charge in [0, 0.05) is 12.6 Å². The number of sulfone groups is 1. The van der Waals surface area contributed by atoms with E-state index in [4.69, 9.17) is 0 Å². The Hall–Kier alpha value is -0.980. The molecule has 1 heterocycles. The summed E-state index contributed by atoms with van der Waals surface area (Å²) in [7, 11) is -1.03. The molecule has 1 aliphatic heterocycles. The van der Waals surface area contributed by atoms with Gasteiger partial charge in [-0.3, -0.25) is 0 Å². The fourth-order valence-electron chi connectivity index (χ4n) is 2.51. The average Bonchev–Trinajstić information content (AvgIpc) is 2.76. The first-order chi connectivity index (χ1) is 9.37. The summed E-state index contributed by atoms with van der Waals surface area (Å²) in [6.45, 7) is 0.581. The van der Waals surface area contributed by atoms with Gasteiger partial charge in [0.2, 0.25) is 0 Å². The van der Waals surface area contributed by atoms with Crippen molar-refractivity contribution in [2.45, 2.75) is 25.0 Å². The van der Waals surface area contributed by atoms with Gasteiger partial charge >= 0.3 is 0 Å². The first kappa shape index (κ1) is 15.4. The Labute approximate surface area is 119 Å². The van der Waals surface area contributed by atoms with Gasteiger partial charge in [0.05, 0.1) is 17.6 Å². The summed E-state index contributed by atoms with van der Waals surface area (Å²) >= 11 is 0. The number of hydrogen-bond acceptors (Lipinski definition) is 4. The van der Waals surface area contributed by atoms with Crippen LogP contribution in [-0.2, 0) is 9.84 Å². The van der Waals surface area contributed by atoms with E-state index >= 15 is 0 Å². The second kappa shape index (κ2) is 6.20. The van der Waals surface area contributed by atoms with Crippen molar-refractivity contribution < 1.29 is 17.9 Å². The second-order valence-corrected chi connectivity index (χ2v) is 7.63. The second-order valence-electron chi connectivity index (χ2n) is 5.40. The van der Waals surface area contributed by atoms with Gasteiger partial charge in [0.15, 0.2) is 9.84 Å². The van der Waals surface area contributed by atoms with E-state index in [1.54, 1.807) is 12.1 Å². The Balaban J connectivity index is 1.86. The molecule has 20 heavy (non-hydrogen) atoms. The van der Waals surface area contributed by atoms with E-state index in [-0.39, 0.29) is 23.4 Å². The minimum atomic E-state index is -2.89. The lowest BCUT2D eigenvalue weighted by atomic mass is 10.1. The molecule has 2 rings (SSSR count). The molecule has 0 bridgehead atoms. The zero-order valence-electron chi connectivity index (χ0n) is 11.5. The Morgan fingerprint density at radius 3 is 2.85 bits per heavy atom. The van der Waals surface area contributed by atoms with Crippen molar-refractivity contribution in [3.63, 3.8) is 0 Å². The number of aliphatic hydroxyl groups excluding tert-OH is 1. The van der Waals surface area contributed by atoms with E-state index in [2.05, 4.69) is 0 Å². The van der Waals surface area contributed by atoms with Crippen molar-refractivity contribution in [3.8, 4) is 0 Å². The van der Waals surface area contributed by atoms with Crippen LogP contribution in [0.4, 0.5) is 4.39 Å². The van der Waals surface area contributed by atoms with Crippen LogP contribution in [0.3, 0.4) is 0 Å². The zero-order chi connectivity index (χ0) is 14.8. The van der Waals surface area contributed by atoms with Crippen LogP contribution >= 0.6 is 0 Å². The van der Waals surface area contributed by atoms with Gasteiger partial charge in [-0.2, -0.15) is 0 Å². The smallest absolute Gasteiger partial charge is 0.151 e. The van der Waals surface area contributed by atoms with Crippen molar-refractivity contribution in [2.24, 2.45) is 0 Å².